The van der Waals surface area contributed by atoms with Gasteiger partial charge in [0.25, 0.3) is 0 Å². The zero-order valence-corrected chi connectivity index (χ0v) is 16.1. The molecule has 1 aromatic rings. The summed E-state index contributed by atoms with van der Waals surface area (Å²) in [5.41, 5.74) is 9.14. The molecule has 0 aliphatic heterocycles. The summed E-state index contributed by atoms with van der Waals surface area (Å²) >= 11 is 0. The van der Waals surface area contributed by atoms with Gasteiger partial charge in [-0.25, -0.2) is 0 Å². The summed E-state index contributed by atoms with van der Waals surface area (Å²) in [5.74, 6) is 1.22. The SMILES string of the molecule is COC(=O)CCc1cc(N)c(N[C@@H]2C[C@H](C)CC(C)(C)C2)cc1OC. The van der Waals surface area contributed by atoms with E-state index in [-0.39, 0.29) is 5.97 Å². The van der Waals surface area contributed by atoms with Gasteiger partial charge in [0.1, 0.15) is 5.75 Å². The molecule has 1 aliphatic carbocycles. The third-order valence-corrected chi connectivity index (χ3v) is 5.03. The van der Waals surface area contributed by atoms with E-state index in [1.807, 2.05) is 12.1 Å². The first-order valence-corrected chi connectivity index (χ1v) is 9.04. The smallest absolute Gasteiger partial charge is 0.305 e. The van der Waals surface area contributed by atoms with Gasteiger partial charge in [0.05, 0.1) is 25.6 Å². The summed E-state index contributed by atoms with van der Waals surface area (Å²) in [6, 6.07) is 4.27. The second-order valence-electron chi connectivity index (χ2n) is 8.08. The second kappa shape index (κ2) is 7.98. The zero-order chi connectivity index (χ0) is 18.6. The lowest BCUT2D eigenvalue weighted by molar-refractivity contribution is -0.140. The van der Waals surface area contributed by atoms with Crippen LogP contribution >= 0.6 is 0 Å². The largest absolute Gasteiger partial charge is 0.496 e. The molecule has 0 unspecified atom stereocenters. The van der Waals surface area contributed by atoms with E-state index >= 15 is 0 Å². The van der Waals surface area contributed by atoms with Gasteiger partial charge in [0, 0.05) is 18.5 Å². The number of carbonyl (C=O) groups excluding carboxylic acids is 1. The Labute approximate surface area is 151 Å². The Kier molecular flexibility index (Phi) is 6.20. The molecule has 140 valence electrons. The average Bonchev–Trinajstić information content (AvgIpc) is 2.52. The Morgan fingerprint density at radius 2 is 2.04 bits per heavy atom. The van der Waals surface area contributed by atoms with Crippen LogP contribution in [0.15, 0.2) is 12.1 Å². The fourth-order valence-corrected chi connectivity index (χ4v) is 4.17. The minimum Gasteiger partial charge on any atom is -0.496 e. The maximum absolute atomic E-state index is 11.4. The van der Waals surface area contributed by atoms with E-state index in [2.05, 4.69) is 26.1 Å². The highest BCUT2D eigenvalue weighted by molar-refractivity contribution is 5.72. The Morgan fingerprint density at radius 1 is 1.32 bits per heavy atom. The molecular formula is C20H32N2O3. The number of carbonyl (C=O) groups is 1. The van der Waals surface area contributed by atoms with E-state index in [4.69, 9.17) is 15.2 Å². The van der Waals surface area contributed by atoms with Gasteiger partial charge in [-0.2, -0.15) is 0 Å². The first-order valence-electron chi connectivity index (χ1n) is 9.04. The van der Waals surface area contributed by atoms with E-state index in [9.17, 15) is 4.79 Å². The predicted octanol–water partition coefficient (Wildman–Crippen LogP) is 4.01. The van der Waals surface area contributed by atoms with Crippen molar-refractivity contribution < 1.29 is 14.3 Å². The standard InChI is InChI=1S/C20H32N2O3/c1-13-8-15(12-20(2,3)11-13)22-17-10-18(24-4)14(9-16(17)21)6-7-19(23)25-5/h9-10,13,15,22H,6-8,11-12,21H2,1-5H3/t13-,15+/m0/s1. The van der Waals surface area contributed by atoms with Crippen molar-refractivity contribution in [2.45, 2.75) is 58.9 Å². The van der Waals surface area contributed by atoms with Crippen LogP contribution in [-0.2, 0) is 16.0 Å². The predicted molar refractivity (Wildman–Crippen MR) is 102 cm³/mol. The highest BCUT2D eigenvalue weighted by Crippen LogP contribution is 2.40. The summed E-state index contributed by atoms with van der Waals surface area (Å²) in [6.07, 6.45) is 4.40. The monoisotopic (exact) mass is 348 g/mol. The van der Waals surface area contributed by atoms with Crippen molar-refractivity contribution in [3.63, 3.8) is 0 Å². The molecule has 25 heavy (non-hydrogen) atoms. The van der Waals surface area contributed by atoms with Crippen LogP contribution in [0.2, 0.25) is 0 Å². The molecule has 5 nitrogen and oxygen atoms in total. The molecule has 1 aliphatic rings. The van der Waals surface area contributed by atoms with Crippen LogP contribution in [0.4, 0.5) is 11.4 Å². The molecule has 5 heteroatoms. The maximum atomic E-state index is 11.4. The quantitative estimate of drug-likeness (QED) is 0.600. The van der Waals surface area contributed by atoms with Gasteiger partial charge in [-0.05, 0) is 48.6 Å². The van der Waals surface area contributed by atoms with Gasteiger partial charge in [0.15, 0.2) is 0 Å². The Balaban J connectivity index is 2.14. The summed E-state index contributed by atoms with van der Waals surface area (Å²) in [6.45, 7) is 6.98. The number of nitrogens with two attached hydrogens (primary N) is 1. The minimum absolute atomic E-state index is 0.235. The molecule has 1 aromatic carbocycles. The maximum Gasteiger partial charge on any atom is 0.305 e. The van der Waals surface area contributed by atoms with Crippen molar-refractivity contribution >= 4 is 17.3 Å². The van der Waals surface area contributed by atoms with E-state index < -0.39 is 0 Å². The summed E-state index contributed by atoms with van der Waals surface area (Å²) < 4.78 is 10.2. The van der Waals surface area contributed by atoms with Crippen molar-refractivity contribution in [1.82, 2.24) is 0 Å². The van der Waals surface area contributed by atoms with Crippen molar-refractivity contribution in [2.75, 3.05) is 25.3 Å². The highest BCUT2D eigenvalue weighted by Gasteiger charge is 2.32. The summed E-state index contributed by atoms with van der Waals surface area (Å²) in [5, 5.41) is 3.62. The molecule has 2 atom stereocenters. The Morgan fingerprint density at radius 3 is 2.64 bits per heavy atom. The van der Waals surface area contributed by atoms with Crippen LogP contribution in [0.1, 0.15) is 52.0 Å². The molecule has 0 amide bonds. The number of anilines is 2. The molecule has 0 aromatic heterocycles. The van der Waals surface area contributed by atoms with Gasteiger partial charge in [0.2, 0.25) is 0 Å². The van der Waals surface area contributed by atoms with Crippen molar-refractivity contribution in [3.05, 3.63) is 17.7 Å². The lowest BCUT2D eigenvalue weighted by Crippen LogP contribution is -2.35. The number of benzene rings is 1. The number of hydrogen-bond acceptors (Lipinski definition) is 5. The van der Waals surface area contributed by atoms with Gasteiger partial charge in [-0.15, -0.1) is 0 Å². The molecule has 0 saturated heterocycles. The molecule has 0 spiro atoms. The van der Waals surface area contributed by atoms with Gasteiger partial charge < -0.3 is 20.5 Å². The summed E-state index contributed by atoms with van der Waals surface area (Å²) in [4.78, 5) is 11.4. The molecule has 0 heterocycles. The Bertz CT molecular complexity index is 613. The number of ether oxygens (including phenoxy) is 2. The third kappa shape index (κ3) is 5.28. The van der Waals surface area contributed by atoms with Crippen LogP contribution in [0.5, 0.6) is 5.75 Å². The number of nitrogens with one attached hydrogen (secondary N) is 1. The average molecular weight is 348 g/mol. The van der Waals surface area contributed by atoms with E-state index in [1.54, 1.807) is 7.11 Å². The first kappa shape index (κ1) is 19.4. The first-order chi connectivity index (χ1) is 11.7. The molecule has 1 fully saturated rings. The zero-order valence-electron chi connectivity index (χ0n) is 16.1. The van der Waals surface area contributed by atoms with Gasteiger partial charge in [-0.1, -0.05) is 20.8 Å². The lowest BCUT2D eigenvalue weighted by Gasteiger charge is -2.39. The molecule has 0 radical (unpaired) electrons. The van der Waals surface area contributed by atoms with Crippen molar-refractivity contribution in [3.8, 4) is 5.75 Å². The Hall–Kier alpha value is -1.91. The molecule has 0 bridgehead atoms. The van der Waals surface area contributed by atoms with E-state index in [0.29, 0.717) is 35.9 Å². The number of rotatable bonds is 6. The van der Waals surface area contributed by atoms with E-state index in [1.165, 1.54) is 13.5 Å². The van der Waals surface area contributed by atoms with Crippen LogP contribution in [0, 0.1) is 11.3 Å². The number of esters is 1. The lowest BCUT2D eigenvalue weighted by atomic mass is 9.70. The van der Waals surface area contributed by atoms with Crippen LogP contribution in [-0.4, -0.2) is 26.2 Å². The normalized spacial score (nSPS) is 22.3. The number of nitrogen functional groups attached to an aromatic ring is 1. The molecule has 3 N–H and O–H groups in total. The summed E-state index contributed by atoms with van der Waals surface area (Å²) in [7, 11) is 3.04. The fourth-order valence-electron chi connectivity index (χ4n) is 4.17. The second-order valence-corrected chi connectivity index (χ2v) is 8.08. The molecular weight excluding hydrogens is 316 g/mol. The molecule has 1 saturated carbocycles. The van der Waals surface area contributed by atoms with E-state index in [0.717, 1.165) is 29.8 Å². The van der Waals surface area contributed by atoms with Crippen LogP contribution < -0.4 is 15.8 Å². The minimum atomic E-state index is -0.235. The van der Waals surface area contributed by atoms with Crippen LogP contribution in [0.25, 0.3) is 0 Å². The molecule has 2 rings (SSSR count). The fraction of sp³-hybridized carbons (Fsp3) is 0.650. The number of aryl methyl sites for hydroxylation is 1. The van der Waals surface area contributed by atoms with Crippen LogP contribution in [0.3, 0.4) is 0 Å². The van der Waals surface area contributed by atoms with Gasteiger partial charge >= 0.3 is 5.97 Å². The number of methoxy groups -OCH3 is 2. The third-order valence-electron chi connectivity index (χ3n) is 5.03. The topological polar surface area (TPSA) is 73.6 Å². The highest BCUT2D eigenvalue weighted by atomic mass is 16.5. The number of hydrogen-bond donors (Lipinski definition) is 2. The van der Waals surface area contributed by atoms with Crippen molar-refractivity contribution in [1.29, 1.82) is 0 Å². The van der Waals surface area contributed by atoms with Gasteiger partial charge in [-0.3, -0.25) is 4.79 Å². The van der Waals surface area contributed by atoms with Crippen molar-refractivity contribution in [2.24, 2.45) is 11.3 Å².